The molecule has 3 aromatic rings. The van der Waals surface area contributed by atoms with E-state index >= 15 is 0 Å². The zero-order valence-electron chi connectivity index (χ0n) is 9.25. The Morgan fingerprint density at radius 2 is 2.06 bits per heavy atom. The summed E-state index contributed by atoms with van der Waals surface area (Å²) in [6.07, 6.45) is 3.74. The minimum absolute atomic E-state index is 0.994. The Bertz CT molecular complexity index is 626. The Morgan fingerprint density at radius 3 is 2.82 bits per heavy atom. The average molecular weight is 258 g/mol. The van der Waals surface area contributed by atoms with Gasteiger partial charge in [0.15, 0.2) is 10.0 Å². The maximum absolute atomic E-state index is 4.43. The molecule has 0 aliphatic carbocycles. The van der Waals surface area contributed by atoms with Crippen LogP contribution in [0.5, 0.6) is 0 Å². The predicted octanol–water partition coefficient (Wildman–Crippen LogP) is 4.24. The van der Waals surface area contributed by atoms with Crippen LogP contribution >= 0.6 is 22.7 Å². The van der Waals surface area contributed by atoms with Gasteiger partial charge >= 0.3 is 0 Å². The molecule has 4 heteroatoms. The number of hydrogen-bond acceptors (Lipinski definition) is 4. The first-order valence-corrected chi connectivity index (χ1v) is 6.95. The predicted molar refractivity (Wildman–Crippen MR) is 73.4 cm³/mol. The lowest BCUT2D eigenvalue weighted by molar-refractivity contribution is 1.35. The van der Waals surface area contributed by atoms with Crippen molar-refractivity contribution in [2.24, 2.45) is 0 Å². The Morgan fingerprint density at radius 1 is 1.12 bits per heavy atom. The van der Waals surface area contributed by atoms with Crippen molar-refractivity contribution >= 4 is 22.7 Å². The molecule has 2 aromatic heterocycles. The van der Waals surface area contributed by atoms with Crippen molar-refractivity contribution < 1.29 is 0 Å². The lowest BCUT2D eigenvalue weighted by Crippen LogP contribution is -1.74. The molecule has 1 aromatic carbocycles. The normalized spacial score (nSPS) is 10.6. The number of benzene rings is 1. The highest BCUT2D eigenvalue weighted by Gasteiger charge is 2.08. The fourth-order valence-corrected chi connectivity index (χ4v) is 3.23. The first kappa shape index (κ1) is 10.6. The number of aromatic nitrogens is 2. The smallest absolute Gasteiger partial charge is 0.152 e. The number of nitrogens with zero attached hydrogens (tertiary/aromatic N) is 2. The topological polar surface area (TPSA) is 25.8 Å². The molecule has 84 valence electrons. The summed E-state index contributed by atoms with van der Waals surface area (Å²) in [4.78, 5) is 9.90. The molecule has 0 bridgehead atoms. The van der Waals surface area contributed by atoms with Crippen LogP contribution in [0.25, 0.3) is 20.5 Å². The van der Waals surface area contributed by atoms with Gasteiger partial charge in [-0.3, -0.25) is 0 Å². The maximum atomic E-state index is 4.43. The van der Waals surface area contributed by atoms with Gasteiger partial charge in [0.05, 0.1) is 4.88 Å². The summed E-state index contributed by atoms with van der Waals surface area (Å²) < 4.78 is 0. The van der Waals surface area contributed by atoms with Gasteiger partial charge in [-0.2, -0.15) is 0 Å². The Kier molecular flexibility index (Phi) is 2.74. The highest BCUT2D eigenvalue weighted by Crippen LogP contribution is 2.32. The Labute approximate surface area is 108 Å². The Hall–Kier alpha value is -1.52. The van der Waals surface area contributed by atoms with E-state index in [1.54, 1.807) is 22.7 Å². The fourth-order valence-electron chi connectivity index (χ4n) is 1.63. The minimum Gasteiger partial charge on any atom is -0.242 e. The summed E-state index contributed by atoms with van der Waals surface area (Å²) in [6.45, 7) is 2.10. The largest absolute Gasteiger partial charge is 0.242 e. The molecule has 0 unspecified atom stereocenters. The molecule has 0 atom stereocenters. The van der Waals surface area contributed by atoms with Gasteiger partial charge in [0.1, 0.15) is 0 Å². The van der Waals surface area contributed by atoms with E-state index in [0.717, 1.165) is 10.0 Å². The second-order valence-electron chi connectivity index (χ2n) is 3.74. The summed E-state index contributed by atoms with van der Waals surface area (Å²) >= 11 is 3.31. The molecule has 2 nitrogen and oxygen atoms in total. The molecule has 2 heterocycles. The van der Waals surface area contributed by atoms with E-state index in [-0.39, 0.29) is 0 Å². The van der Waals surface area contributed by atoms with E-state index in [9.17, 15) is 0 Å². The van der Waals surface area contributed by atoms with E-state index in [1.165, 1.54) is 16.0 Å². The molecule has 0 aliphatic rings. The number of aryl methyl sites for hydroxylation is 1. The van der Waals surface area contributed by atoms with Crippen molar-refractivity contribution in [3.63, 3.8) is 0 Å². The van der Waals surface area contributed by atoms with Gasteiger partial charge in [0.25, 0.3) is 0 Å². The van der Waals surface area contributed by atoms with Gasteiger partial charge in [0.2, 0.25) is 0 Å². The molecular weight excluding hydrogens is 248 g/mol. The summed E-state index contributed by atoms with van der Waals surface area (Å²) in [5.74, 6) is 0. The first-order valence-electron chi connectivity index (χ1n) is 5.26. The van der Waals surface area contributed by atoms with Crippen LogP contribution in [-0.2, 0) is 0 Å². The summed E-state index contributed by atoms with van der Waals surface area (Å²) in [7, 11) is 0. The second-order valence-corrected chi connectivity index (χ2v) is 5.66. The van der Waals surface area contributed by atoms with Crippen LogP contribution in [0.1, 0.15) is 5.56 Å². The third-order valence-corrected chi connectivity index (χ3v) is 4.39. The molecule has 0 saturated heterocycles. The first-order chi connectivity index (χ1) is 8.33. The van der Waals surface area contributed by atoms with E-state index in [2.05, 4.69) is 41.2 Å². The SMILES string of the molecule is Cc1cccc(-c2cnc(-c3nccs3)s2)c1. The molecule has 0 amide bonds. The molecular formula is C13H10N2S2. The van der Waals surface area contributed by atoms with Crippen molar-refractivity contribution in [1.29, 1.82) is 0 Å². The van der Waals surface area contributed by atoms with Crippen molar-refractivity contribution in [2.45, 2.75) is 6.92 Å². The molecule has 17 heavy (non-hydrogen) atoms. The highest BCUT2D eigenvalue weighted by atomic mass is 32.1. The molecule has 0 radical (unpaired) electrons. The van der Waals surface area contributed by atoms with E-state index < -0.39 is 0 Å². The van der Waals surface area contributed by atoms with Crippen LogP contribution < -0.4 is 0 Å². The van der Waals surface area contributed by atoms with Gasteiger partial charge in [-0.25, -0.2) is 9.97 Å². The van der Waals surface area contributed by atoms with Crippen molar-refractivity contribution in [2.75, 3.05) is 0 Å². The summed E-state index contributed by atoms with van der Waals surface area (Å²) in [6, 6.07) is 8.48. The number of hydrogen-bond donors (Lipinski definition) is 0. The number of rotatable bonds is 2. The quantitative estimate of drug-likeness (QED) is 0.687. The lowest BCUT2D eigenvalue weighted by Gasteiger charge is -1.97. The van der Waals surface area contributed by atoms with E-state index in [1.807, 2.05) is 17.8 Å². The molecule has 0 spiro atoms. The van der Waals surface area contributed by atoms with Crippen LogP contribution in [-0.4, -0.2) is 9.97 Å². The van der Waals surface area contributed by atoms with Gasteiger partial charge in [-0.05, 0) is 12.5 Å². The van der Waals surface area contributed by atoms with Crippen LogP contribution in [0.15, 0.2) is 42.0 Å². The average Bonchev–Trinajstić information content (AvgIpc) is 3.00. The van der Waals surface area contributed by atoms with Crippen LogP contribution in [0.2, 0.25) is 0 Å². The van der Waals surface area contributed by atoms with Crippen molar-refractivity contribution in [3.8, 4) is 20.5 Å². The minimum atomic E-state index is 0.994. The lowest BCUT2D eigenvalue weighted by atomic mass is 10.1. The van der Waals surface area contributed by atoms with Gasteiger partial charge in [-0.1, -0.05) is 29.8 Å². The van der Waals surface area contributed by atoms with Crippen LogP contribution in [0.4, 0.5) is 0 Å². The van der Waals surface area contributed by atoms with E-state index in [0.29, 0.717) is 0 Å². The standard InChI is InChI=1S/C13H10N2S2/c1-9-3-2-4-10(7-9)11-8-15-13(17-11)12-14-5-6-16-12/h2-8H,1H3. The molecule has 0 saturated carbocycles. The van der Waals surface area contributed by atoms with Crippen molar-refractivity contribution in [1.82, 2.24) is 9.97 Å². The van der Waals surface area contributed by atoms with E-state index in [4.69, 9.17) is 0 Å². The summed E-state index contributed by atoms with van der Waals surface area (Å²) in [5.41, 5.74) is 2.50. The maximum Gasteiger partial charge on any atom is 0.152 e. The van der Waals surface area contributed by atoms with Gasteiger partial charge < -0.3 is 0 Å². The third kappa shape index (κ3) is 2.14. The van der Waals surface area contributed by atoms with Gasteiger partial charge in [0, 0.05) is 17.8 Å². The van der Waals surface area contributed by atoms with Crippen LogP contribution in [0, 0.1) is 6.92 Å². The monoisotopic (exact) mass is 258 g/mol. The molecule has 0 aliphatic heterocycles. The zero-order chi connectivity index (χ0) is 11.7. The number of thiazole rings is 2. The van der Waals surface area contributed by atoms with Gasteiger partial charge in [-0.15, -0.1) is 22.7 Å². The molecule has 0 fully saturated rings. The second kappa shape index (κ2) is 4.39. The highest BCUT2D eigenvalue weighted by molar-refractivity contribution is 7.22. The third-order valence-electron chi connectivity index (χ3n) is 2.42. The molecule has 3 rings (SSSR count). The van der Waals surface area contributed by atoms with Crippen molar-refractivity contribution in [3.05, 3.63) is 47.6 Å². The molecule has 0 N–H and O–H groups in total. The zero-order valence-corrected chi connectivity index (χ0v) is 10.9. The van der Waals surface area contributed by atoms with Crippen LogP contribution in [0.3, 0.4) is 0 Å². The summed E-state index contributed by atoms with van der Waals surface area (Å²) in [5, 5.41) is 3.97. The fraction of sp³-hybridized carbons (Fsp3) is 0.0769. The Balaban J connectivity index is 2.01.